The largest absolute Gasteiger partial charge is 0.490 e. The maximum Gasteiger partial charge on any atom is 0.410 e. The van der Waals surface area contributed by atoms with Gasteiger partial charge in [-0.05, 0) is 83.6 Å². The summed E-state index contributed by atoms with van der Waals surface area (Å²) in [6.07, 6.45) is 5.68. The molecule has 1 saturated carbocycles. The molecule has 2 aromatic heterocycles. The average Bonchev–Trinajstić information content (AvgIpc) is 3.85. The molecule has 1 aliphatic carbocycles. The van der Waals surface area contributed by atoms with Crippen LogP contribution in [0.25, 0.3) is 22.0 Å². The van der Waals surface area contributed by atoms with Crippen molar-refractivity contribution in [3.8, 4) is 16.9 Å². The fourth-order valence-electron chi connectivity index (χ4n) is 6.44. The third kappa shape index (κ3) is 8.74. The van der Waals surface area contributed by atoms with Gasteiger partial charge in [-0.2, -0.15) is 0 Å². The first-order valence-corrected chi connectivity index (χ1v) is 19.2. The highest BCUT2D eigenvalue weighted by atomic mass is 32.2. The summed E-state index contributed by atoms with van der Waals surface area (Å²) in [4.78, 5) is 39.0. The van der Waals surface area contributed by atoms with E-state index in [-0.39, 0.29) is 41.0 Å². The van der Waals surface area contributed by atoms with Crippen molar-refractivity contribution in [2.75, 3.05) is 32.9 Å². The second-order valence-electron chi connectivity index (χ2n) is 14.7. The van der Waals surface area contributed by atoms with Crippen LogP contribution in [0.4, 0.5) is 10.5 Å². The number of carbonyl (C=O) groups is 1. The van der Waals surface area contributed by atoms with E-state index in [1.165, 1.54) is 60.4 Å². The zero-order valence-electron chi connectivity index (χ0n) is 30.6. The molecule has 53 heavy (non-hydrogen) atoms. The number of likely N-dealkylation sites (tertiary alicyclic amines) is 1. The third-order valence-electron chi connectivity index (χ3n) is 9.44. The van der Waals surface area contributed by atoms with Crippen LogP contribution in [-0.4, -0.2) is 83.6 Å². The smallest absolute Gasteiger partial charge is 0.410 e. The average molecular weight is 751 g/mol. The highest BCUT2D eigenvalue weighted by Gasteiger charge is 2.34. The molecule has 14 nitrogen and oxygen atoms in total. The van der Waals surface area contributed by atoms with Crippen LogP contribution in [-0.2, 0) is 31.3 Å². The molecule has 4 aromatic rings. The van der Waals surface area contributed by atoms with E-state index in [9.17, 15) is 28.1 Å². The van der Waals surface area contributed by atoms with E-state index in [0.29, 0.717) is 67.3 Å². The number of amides is 1. The molecule has 3 heterocycles. The van der Waals surface area contributed by atoms with Crippen molar-refractivity contribution in [1.29, 1.82) is 0 Å². The van der Waals surface area contributed by atoms with Gasteiger partial charge < -0.3 is 28.4 Å². The van der Waals surface area contributed by atoms with Crippen molar-refractivity contribution in [3.05, 3.63) is 87.0 Å². The maximum absolute atomic E-state index is 13.7. The minimum Gasteiger partial charge on any atom is -0.490 e. The SMILES string of the molecule is Cc1ccc(S(=O)(=O)n2ccc3c(-c4cc([N+](=O)[O-])ccc4OCC(OCCOC4CCN(C(=O)OC(C)(C)C)CC4)C4CC4)cn(C)c(=O)c32)cc1. The van der Waals surface area contributed by atoms with Crippen LogP contribution < -0.4 is 10.3 Å². The zero-order chi connectivity index (χ0) is 38.1. The number of rotatable bonds is 13. The predicted octanol–water partition coefficient (Wildman–Crippen LogP) is 6.05. The number of aryl methyl sites for hydroxylation is 2. The first kappa shape index (κ1) is 38.0. The van der Waals surface area contributed by atoms with Crippen LogP contribution in [0.5, 0.6) is 5.75 Å². The molecule has 1 amide bonds. The monoisotopic (exact) mass is 750 g/mol. The van der Waals surface area contributed by atoms with Gasteiger partial charge in [-0.3, -0.25) is 14.9 Å². The molecule has 284 valence electrons. The number of benzene rings is 2. The number of fused-ring (bicyclic) bond motifs is 1. The van der Waals surface area contributed by atoms with Crippen LogP contribution in [0.3, 0.4) is 0 Å². The second-order valence-corrected chi connectivity index (χ2v) is 16.5. The van der Waals surface area contributed by atoms with Gasteiger partial charge in [0.1, 0.15) is 23.5 Å². The van der Waals surface area contributed by atoms with Crippen molar-refractivity contribution in [2.45, 2.75) is 76.1 Å². The predicted molar refractivity (Wildman–Crippen MR) is 198 cm³/mol. The lowest BCUT2D eigenvalue weighted by Crippen LogP contribution is -2.43. The summed E-state index contributed by atoms with van der Waals surface area (Å²) in [5.74, 6) is 0.616. The van der Waals surface area contributed by atoms with Crippen LogP contribution in [0.2, 0.25) is 0 Å². The number of nitro benzene ring substituents is 1. The first-order chi connectivity index (χ1) is 25.1. The van der Waals surface area contributed by atoms with E-state index in [1.54, 1.807) is 17.0 Å². The number of nitro groups is 1. The number of nitrogens with zero attached hydrogens (tertiary/aromatic N) is 4. The van der Waals surface area contributed by atoms with Crippen molar-refractivity contribution in [1.82, 2.24) is 13.4 Å². The Morgan fingerprint density at radius 3 is 2.34 bits per heavy atom. The lowest BCUT2D eigenvalue weighted by atomic mass is 10.0. The first-order valence-electron chi connectivity index (χ1n) is 17.8. The van der Waals surface area contributed by atoms with Gasteiger partial charge in [0.05, 0.1) is 35.2 Å². The summed E-state index contributed by atoms with van der Waals surface area (Å²) in [5.41, 5.74) is 0.250. The number of hydrogen-bond acceptors (Lipinski definition) is 10. The molecular weight excluding hydrogens is 705 g/mol. The Labute approximate surface area is 308 Å². The molecule has 0 bridgehead atoms. The molecule has 2 aliphatic rings. The highest BCUT2D eigenvalue weighted by Crippen LogP contribution is 2.39. The Morgan fingerprint density at radius 1 is 1.00 bits per heavy atom. The standard InChI is InChI=1S/C38H46N4O10S/c1-25-6-11-29(12-7-25)53(47,48)41-19-16-30-32(23-39(5)36(43)35(30)41)31-22-27(42(45)46)10-13-33(31)51-24-34(26-8-9-26)50-21-20-49-28-14-17-40(18-15-28)37(44)52-38(2,3)4/h6-7,10-13,16,19,22-23,26,28,34H,8-9,14-15,17-18,20-21,24H2,1-5H3. The maximum atomic E-state index is 13.7. The molecule has 0 spiro atoms. The minimum absolute atomic E-state index is 0.0102. The summed E-state index contributed by atoms with van der Waals surface area (Å²) < 4.78 is 53.8. The molecule has 2 fully saturated rings. The number of hydrogen-bond donors (Lipinski definition) is 0. The van der Waals surface area contributed by atoms with Crippen LogP contribution in [0, 0.1) is 23.0 Å². The molecular formula is C38H46N4O10S. The van der Waals surface area contributed by atoms with E-state index >= 15 is 0 Å². The van der Waals surface area contributed by atoms with Gasteiger partial charge >= 0.3 is 6.09 Å². The molecule has 0 radical (unpaired) electrons. The van der Waals surface area contributed by atoms with Crippen LogP contribution >= 0.6 is 0 Å². The van der Waals surface area contributed by atoms with Gasteiger partial charge in [0, 0.05) is 61.2 Å². The van der Waals surface area contributed by atoms with Crippen LogP contribution in [0.1, 0.15) is 52.0 Å². The summed E-state index contributed by atoms with van der Waals surface area (Å²) in [6, 6.07) is 12.1. The van der Waals surface area contributed by atoms with Gasteiger partial charge in [0.2, 0.25) is 0 Å². The summed E-state index contributed by atoms with van der Waals surface area (Å²) in [5, 5.41) is 12.2. The Bertz CT molecular complexity index is 2140. The van der Waals surface area contributed by atoms with E-state index in [4.69, 9.17) is 18.9 Å². The number of non-ortho nitro benzene ring substituents is 1. The topological polar surface area (TPSA) is 161 Å². The molecule has 1 unspecified atom stereocenters. The van der Waals surface area contributed by atoms with Gasteiger partial charge in [0.15, 0.2) is 0 Å². The summed E-state index contributed by atoms with van der Waals surface area (Å²) >= 11 is 0. The van der Waals surface area contributed by atoms with Crippen molar-refractivity contribution < 1.29 is 37.1 Å². The fourth-order valence-corrected chi connectivity index (χ4v) is 7.79. The molecule has 1 saturated heterocycles. The number of piperidine rings is 1. The lowest BCUT2D eigenvalue weighted by Gasteiger charge is -2.33. The van der Waals surface area contributed by atoms with Gasteiger partial charge in [-0.25, -0.2) is 17.2 Å². The van der Waals surface area contributed by atoms with Crippen molar-refractivity contribution in [2.24, 2.45) is 13.0 Å². The molecule has 2 aromatic carbocycles. The normalized spacial score (nSPS) is 16.1. The zero-order valence-corrected chi connectivity index (χ0v) is 31.5. The number of carbonyl (C=O) groups excluding carboxylic acids is 1. The van der Waals surface area contributed by atoms with Crippen LogP contribution in [0.15, 0.2) is 70.6 Å². The van der Waals surface area contributed by atoms with Gasteiger partial charge in [0.25, 0.3) is 21.3 Å². The lowest BCUT2D eigenvalue weighted by molar-refractivity contribution is -0.384. The Hall–Kier alpha value is -4.73. The Balaban J connectivity index is 1.17. The minimum atomic E-state index is -4.15. The van der Waals surface area contributed by atoms with Gasteiger partial charge in [-0.15, -0.1) is 0 Å². The summed E-state index contributed by atoms with van der Waals surface area (Å²) in [6.45, 7) is 9.39. The number of aromatic nitrogens is 2. The van der Waals surface area contributed by atoms with E-state index in [1.807, 2.05) is 27.7 Å². The second kappa shape index (κ2) is 15.3. The third-order valence-corrected chi connectivity index (χ3v) is 11.1. The quantitative estimate of drug-likeness (QED) is 0.0894. The van der Waals surface area contributed by atoms with Gasteiger partial charge in [-0.1, -0.05) is 17.7 Å². The highest BCUT2D eigenvalue weighted by molar-refractivity contribution is 7.90. The molecule has 1 aliphatic heterocycles. The molecule has 15 heteroatoms. The van der Waals surface area contributed by atoms with E-state index in [2.05, 4.69) is 0 Å². The Kier molecular flexibility index (Phi) is 11.0. The number of pyridine rings is 1. The number of ether oxygens (including phenoxy) is 4. The molecule has 1 atom stereocenters. The molecule has 0 N–H and O–H groups in total. The van der Waals surface area contributed by atoms with E-state index in [0.717, 1.165) is 22.4 Å². The fraction of sp³-hybridized carbons (Fsp3) is 0.474. The Morgan fingerprint density at radius 2 is 1.70 bits per heavy atom. The van der Waals surface area contributed by atoms with E-state index < -0.39 is 26.1 Å². The summed E-state index contributed by atoms with van der Waals surface area (Å²) in [7, 11) is -2.64. The van der Waals surface area contributed by atoms with Crippen molar-refractivity contribution >= 4 is 32.7 Å². The van der Waals surface area contributed by atoms with Crippen molar-refractivity contribution in [3.63, 3.8) is 0 Å². The molecule has 6 rings (SSSR count).